The van der Waals surface area contributed by atoms with Gasteiger partial charge in [0, 0.05) is 0 Å². The second-order valence-electron chi connectivity index (χ2n) is 0.254. The van der Waals surface area contributed by atoms with Gasteiger partial charge in [-0.05, 0) is 10.4 Å². The van der Waals surface area contributed by atoms with E-state index in [1.54, 1.807) is 4.91 Å². The van der Waals surface area contributed by atoms with Gasteiger partial charge < -0.3 is 0 Å². The van der Waals surface area contributed by atoms with Crippen LogP contribution in [0.15, 0.2) is 12.9 Å². The number of halogens is 1. The van der Waals surface area contributed by atoms with Crippen LogP contribution in [0.5, 0.6) is 0 Å². The zero-order chi connectivity index (χ0) is 5.41. The summed E-state index contributed by atoms with van der Waals surface area (Å²) in [6.07, 6.45) is 0.250. The van der Waals surface area contributed by atoms with E-state index in [4.69, 9.17) is 11.1 Å². The fourth-order valence-electron chi connectivity index (χ4n) is 0. The van der Waals surface area contributed by atoms with E-state index < -0.39 is 0 Å². The van der Waals surface area contributed by atoms with Gasteiger partial charge in [0.25, 0.3) is 0 Å². The first-order chi connectivity index (χ1) is 2.83. The molecular weight excluding hydrogens is 85.0 g/mol. The SMILES string of the molecule is C=CF.[N-]=[N+]=N. The van der Waals surface area contributed by atoms with E-state index in [0.717, 1.165) is 0 Å². The third-order valence-electron chi connectivity index (χ3n) is 0. The zero-order valence-corrected chi connectivity index (χ0v) is 3.06. The fourth-order valence-corrected chi connectivity index (χ4v) is 0. The average Bonchev–Trinajstić information content (AvgIpc) is 1.39. The summed E-state index contributed by atoms with van der Waals surface area (Å²) in [6, 6.07) is 0. The molecule has 0 heterocycles. The van der Waals surface area contributed by atoms with Crippen LogP contribution in [0.25, 0.3) is 10.4 Å². The van der Waals surface area contributed by atoms with Crippen LogP contribution < -0.4 is 0 Å². The van der Waals surface area contributed by atoms with Crippen molar-refractivity contribution in [3.63, 3.8) is 0 Å². The molecule has 0 aromatic carbocycles. The largest absolute Gasteiger partial charge is 0.216 e. The second-order valence-corrected chi connectivity index (χ2v) is 0.254. The van der Waals surface area contributed by atoms with Crippen LogP contribution in [0.1, 0.15) is 0 Å². The van der Waals surface area contributed by atoms with Gasteiger partial charge >= 0.3 is 0 Å². The van der Waals surface area contributed by atoms with Crippen molar-refractivity contribution in [1.82, 2.24) is 0 Å². The summed E-state index contributed by atoms with van der Waals surface area (Å²) in [4.78, 5) is 1.75. The Labute approximate surface area is 34.5 Å². The van der Waals surface area contributed by atoms with Crippen molar-refractivity contribution in [3.05, 3.63) is 23.4 Å². The standard InChI is InChI=1S/C2H3F.HN3/c1-2-3;1-3-2/h2H,1H2;1H. The van der Waals surface area contributed by atoms with Crippen LogP contribution in [0, 0.1) is 5.53 Å². The van der Waals surface area contributed by atoms with E-state index in [0.29, 0.717) is 0 Å². The number of hydrogen-bond donors (Lipinski definition) is 1. The molecule has 34 valence electrons. The highest BCUT2D eigenvalue weighted by Gasteiger charge is 1.19. The maximum absolute atomic E-state index is 10.1. The Morgan fingerprint density at radius 1 is 2.00 bits per heavy atom. The molecule has 0 aromatic heterocycles. The summed E-state index contributed by atoms with van der Waals surface area (Å²) in [5, 5.41) is 0. The molecule has 3 nitrogen and oxygen atoms in total. The molecule has 0 atom stereocenters. The van der Waals surface area contributed by atoms with Gasteiger partial charge in [-0.3, -0.25) is 0 Å². The lowest BCUT2D eigenvalue weighted by Crippen LogP contribution is -0.990. The van der Waals surface area contributed by atoms with E-state index >= 15 is 0 Å². The Bertz CT molecular complexity index is 53.8. The predicted octanol–water partition coefficient (Wildman–Crippen LogP) is 1.97. The van der Waals surface area contributed by atoms with Gasteiger partial charge in [-0.1, -0.05) is 6.58 Å². The molecule has 0 aliphatic rings. The molecule has 0 aliphatic carbocycles. The maximum Gasteiger partial charge on any atom is 0.0795 e. The Morgan fingerprint density at radius 3 is 2.00 bits per heavy atom. The van der Waals surface area contributed by atoms with Crippen molar-refractivity contribution in [2.75, 3.05) is 0 Å². The third-order valence-corrected chi connectivity index (χ3v) is 0. The molecule has 0 aliphatic heterocycles. The van der Waals surface area contributed by atoms with Gasteiger partial charge in [-0.15, -0.1) is 5.53 Å². The molecular formula is C2H4FN3. The summed E-state index contributed by atoms with van der Waals surface area (Å²) in [5.74, 6) is 0. The lowest BCUT2D eigenvalue weighted by atomic mass is 11.2. The number of rotatable bonds is 0. The first kappa shape index (κ1) is 8.88. The Hall–Kier alpha value is -1.02. The second kappa shape index (κ2) is 36.8. The van der Waals surface area contributed by atoms with Crippen molar-refractivity contribution < 1.29 is 4.39 Å². The summed E-state index contributed by atoms with van der Waals surface area (Å²) < 4.78 is 10.1. The highest BCUT2D eigenvalue weighted by Crippen LogP contribution is 1.48. The monoisotopic (exact) mass is 89.0 g/mol. The van der Waals surface area contributed by atoms with Crippen LogP contribution >= 0.6 is 0 Å². The van der Waals surface area contributed by atoms with Crippen molar-refractivity contribution in [2.24, 2.45) is 0 Å². The molecule has 0 saturated heterocycles. The van der Waals surface area contributed by atoms with Crippen molar-refractivity contribution in [2.45, 2.75) is 0 Å². The molecule has 1 N–H and O–H groups in total. The molecule has 0 spiro atoms. The van der Waals surface area contributed by atoms with E-state index in [-0.39, 0.29) is 6.33 Å². The molecule has 0 radical (unpaired) electrons. The summed E-state index contributed by atoms with van der Waals surface area (Å²) >= 11 is 0. The highest BCUT2D eigenvalue weighted by atomic mass is 19.1. The van der Waals surface area contributed by atoms with Crippen molar-refractivity contribution in [1.29, 1.82) is 5.53 Å². The highest BCUT2D eigenvalue weighted by molar-refractivity contribution is 4.39. The van der Waals surface area contributed by atoms with Gasteiger partial charge in [0.15, 0.2) is 0 Å². The molecule has 0 bridgehead atoms. The van der Waals surface area contributed by atoms with Crippen LogP contribution in [-0.4, -0.2) is 0 Å². The van der Waals surface area contributed by atoms with E-state index in [1.165, 1.54) is 0 Å². The smallest absolute Gasteiger partial charge is 0.0795 e. The average molecular weight is 89.1 g/mol. The Morgan fingerprint density at radius 2 is 2.00 bits per heavy atom. The fraction of sp³-hybridized carbons (Fsp3) is 0. The van der Waals surface area contributed by atoms with Crippen LogP contribution in [0.2, 0.25) is 0 Å². The van der Waals surface area contributed by atoms with Gasteiger partial charge in [0.2, 0.25) is 0 Å². The first-order valence-electron chi connectivity index (χ1n) is 1.05. The molecule has 0 amide bonds. The van der Waals surface area contributed by atoms with Crippen molar-refractivity contribution in [3.8, 4) is 0 Å². The third kappa shape index (κ3) is 11.2. The minimum Gasteiger partial charge on any atom is -0.216 e. The minimum atomic E-state index is 0.250. The number of nitrogens with zero attached hydrogens (tertiary/aromatic N) is 2. The molecule has 0 fully saturated rings. The minimum absolute atomic E-state index is 0.250. The quantitative estimate of drug-likeness (QED) is 0.268. The van der Waals surface area contributed by atoms with Crippen LogP contribution in [0.3, 0.4) is 0 Å². The molecule has 6 heavy (non-hydrogen) atoms. The summed E-state index contributed by atoms with van der Waals surface area (Å²) in [7, 11) is 0. The van der Waals surface area contributed by atoms with E-state index in [9.17, 15) is 4.39 Å². The Balaban J connectivity index is 0. The van der Waals surface area contributed by atoms with Crippen LogP contribution in [-0.2, 0) is 0 Å². The topological polar surface area (TPSA) is 60.3 Å². The first-order valence-corrected chi connectivity index (χ1v) is 1.05. The molecule has 4 heteroatoms. The van der Waals surface area contributed by atoms with Gasteiger partial charge in [-0.2, -0.15) is 0 Å². The lowest BCUT2D eigenvalue weighted by Gasteiger charge is -1.28. The molecule has 0 rings (SSSR count). The van der Waals surface area contributed by atoms with Gasteiger partial charge in [-0.25, -0.2) is 4.39 Å². The van der Waals surface area contributed by atoms with E-state index in [2.05, 4.69) is 6.58 Å². The van der Waals surface area contributed by atoms with Crippen LogP contribution in [0.4, 0.5) is 4.39 Å². The molecule has 0 aromatic rings. The zero-order valence-electron chi connectivity index (χ0n) is 3.06. The van der Waals surface area contributed by atoms with Crippen molar-refractivity contribution >= 4 is 0 Å². The van der Waals surface area contributed by atoms with Gasteiger partial charge in [0.1, 0.15) is 0 Å². The predicted molar refractivity (Wildman–Crippen MR) is 20.7 cm³/mol. The van der Waals surface area contributed by atoms with Gasteiger partial charge in [0.05, 0.1) is 6.33 Å². The lowest BCUT2D eigenvalue weighted by molar-refractivity contribution is 0.725. The summed E-state index contributed by atoms with van der Waals surface area (Å²) in [5.41, 5.74) is 12.2. The number of hydrogen-bond acceptors (Lipinski definition) is 1. The van der Waals surface area contributed by atoms with E-state index in [1.807, 2.05) is 0 Å². The number of nitrogens with one attached hydrogen (secondary N) is 1. The normalized spacial score (nSPS) is 3.50. The summed E-state index contributed by atoms with van der Waals surface area (Å²) in [6.45, 7) is 2.69. The maximum atomic E-state index is 10.1. The molecule has 0 saturated carbocycles. The molecule has 0 unspecified atom stereocenters. The Kier molecular flexibility index (Phi) is 54.5.